The van der Waals surface area contributed by atoms with Crippen molar-refractivity contribution >= 4 is 34.9 Å². The van der Waals surface area contributed by atoms with Gasteiger partial charge in [-0.1, -0.05) is 72.2 Å². The Hall–Kier alpha value is -1.64. The molecule has 0 radical (unpaired) electrons. The van der Waals surface area contributed by atoms with Crippen molar-refractivity contribution in [3.05, 3.63) is 74.3 Å². The van der Waals surface area contributed by atoms with Gasteiger partial charge in [0.05, 0.1) is 12.2 Å². The Bertz CT molecular complexity index is 1080. The number of thiazole rings is 1. The van der Waals surface area contributed by atoms with Gasteiger partial charge in [0.2, 0.25) is 0 Å². The molecule has 0 aliphatic carbocycles. The molecule has 156 valence electrons. The first-order valence-electron chi connectivity index (χ1n) is 8.62. The predicted octanol–water partition coefficient (Wildman–Crippen LogP) is 5.76. The van der Waals surface area contributed by atoms with Crippen molar-refractivity contribution in [2.75, 3.05) is 0 Å². The van der Waals surface area contributed by atoms with Gasteiger partial charge >= 0.3 is 13.3 Å². The molecule has 0 amide bonds. The second-order valence-electron chi connectivity index (χ2n) is 5.78. The molecule has 3 rings (SSSR count). The van der Waals surface area contributed by atoms with Gasteiger partial charge in [-0.05, 0) is 17.2 Å². The Morgan fingerprint density at radius 2 is 1.79 bits per heavy atom. The van der Waals surface area contributed by atoms with Crippen molar-refractivity contribution in [1.29, 1.82) is 5.41 Å². The van der Waals surface area contributed by atoms with Crippen LogP contribution in [-0.4, -0.2) is 14.4 Å². The molecular formula is C19H20BrF2N2O3PS. The summed E-state index contributed by atoms with van der Waals surface area (Å²) in [5.41, 5.74) is -2.69. The van der Waals surface area contributed by atoms with Crippen molar-refractivity contribution in [3.8, 4) is 11.3 Å². The third-order valence-corrected chi connectivity index (χ3v) is 6.37. The van der Waals surface area contributed by atoms with Crippen molar-refractivity contribution in [1.82, 2.24) is 4.57 Å². The fourth-order valence-corrected chi connectivity index (χ4v) is 4.69. The Kier molecular flexibility index (Phi) is 7.70. The van der Waals surface area contributed by atoms with E-state index < -0.39 is 18.8 Å². The average molecular weight is 505 g/mol. The van der Waals surface area contributed by atoms with E-state index in [1.807, 2.05) is 49.6 Å². The van der Waals surface area contributed by atoms with Gasteiger partial charge in [-0.15, -0.1) is 11.3 Å². The number of alkyl halides is 2. The van der Waals surface area contributed by atoms with Crippen molar-refractivity contribution in [2.24, 2.45) is 0 Å². The third-order valence-electron chi connectivity index (χ3n) is 3.95. The van der Waals surface area contributed by atoms with Crippen LogP contribution in [0.2, 0.25) is 0 Å². The minimum absolute atomic E-state index is 0.100. The van der Waals surface area contributed by atoms with E-state index in [1.165, 1.54) is 23.5 Å². The van der Waals surface area contributed by atoms with Crippen LogP contribution in [0.15, 0.2) is 58.4 Å². The highest BCUT2D eigenvalue weighted by Crippen LogP contribution is 2.60. The summed E-state index contributed by atoms with van der Waals surface area (Å²) >= 11 is 4.24. The molecule has 10 heteroatoms. The van der Waals surface area contributed by atoms with E-state index >= 15 is 0 Å². The fourth-order valence-electron chi connectivity index (χ4n) is 2.58. The normalized spacial score (nSPS) is 11.7. The Labute approximate surface area is 179 Å². The molecule has 0 fully saturated rings. The minimum atomic E-state index is -5.64. The average Bonchev–Trinajstić information content (AvgIpc) is 3.03. The standard InChI is InChI=1S/C17H14BrF2N2O3PS.C2H6/c18-14-8-11(6-7-13(14)17(19,20)26(23,24)25)9-22-15(10-27-16(22)21)12-4-2-1-3-5-12;1-2/h1-8,10,21H,9H2,(H2,23,24,25);1-2H3. The number of nitrogens with one attached hydrogen (secondary N) is 1. The molecule has 0 bridgehead atoms. The SMILES string of the molecule is CC.N=c1scc(-c2ccccc2)n1Cc1ccc(C(F)(F)P(=O)(O)O)c(Br)c1. The second-order valence-corrected chi connectivity index (χ2v) is 9.14. The van der Waals surface area contributed by atoms with Crippen LogP contribution in [0, 0.1) is 5.41 Å². The lowest BCUT2D eigenvalue weighted by Gasteiger charge is -2.20. The van der Waals surface area contributed by atoms with Gasteiger partial charge < -0.3 is 14.4 Å². The van der Waals surface area contributed by atoms with E-state index in [4.69, 9.17) is 15.2 Å². The largest absolute Gasteiger partial charge is 0.399 e. The molecule has 29 heavy (non-hydrogen) atoms. The quantitative estimate of drug-likeness (QED) is 0.386. The number of hydrogen-bond donors (Lipinski definition) is 3. The summed E-state index contributed by atoms with van der Waals surface area (Å²) < 4.78 is 40.6. The molecular weight excluding hydrogens is 485 g/mol. The van der Waals surface area contributed by atoms with E-state index in [0.29, 0.717) is 10.4 Å². The Balaban J connectivity index is 0.00000145. The summed E-state index contributed by atoms with van der Waals surface area (Å²) in [6.45, 7) is 4.26. The molecule has 0 saturated heterocycles. The lowest BCUT2D eigenvalue weighted by molar-refractivity contribution is 0.0557. The van der Waals surface area contributed by atoms with Gasteiger partial charge in [0.15, 0.2) is 4.80 Å². The highest BCUT2D eigenvalue weighted by molar-refractivity contribution is 9.10. The monoisotopic (exact) mass is 504 g/mol. The molecule has 0 unspecified atom stereocenters. The smallest absolute Gasteiger partial charge is 0.320 e. The van der Waals surface area contributed by atoms with Gasteiger partial charge in [0.25, 0.3) is 0 Å². The first-order chi connectivity index (χ1) is 13.6. The molecule has 0 atom stereocenters. The number of aromatic nitrogens is 1. The van der Waals surface area contributed by atoms with Gasteiger partial charge in [0, 0.05) is 15.4 Å². The van der Waals surface area contributed by atoms with Gasteiger partial charge in [-0.25, -0.2) is 0 Å². The molecule has 3 aromatic rings. The van der Waals surface area contributed by atoms with Gasteiger partial charge in [-0.3, -0.25) is 9.97 Å². The van der Waals surface area contributed by atoms with Crippen LogP contribution in [0.25, 0.3) is 11.3 Å². The molecule has 0 aliphatic heterocycles. The zero-order valence-electron chi connectivity index (χ0n) is 15.6. The number of nitrogens with zero attached hydrogens (tertiary/aromatic N) is 1. The summed E-state index contributed by atoms with van der Waals surface area (Å²) in [4.78, 5) is 18.1. The Morgan fingerprint density at radius 3 is 2.34 bits per heavy atom. The lowest BCUT2D eigenvalue weighted by atomic mass is 10.1. The summed E-state index contributed by atoms with van der Waals surface area (Å²) in [7, 11) is -5.64. The van der Waals surface area contributed by atoms with Crippen LogP contribution < -0.4 is 4.80 Å². The van der Waals surface area contributed by atoms with E-state index in [2.05, 4.69) is 15.9 Å². The van der Waals surface area contributed by atoms with Crippen molar-refractivity contribution in [3.63, 3.8) is 0 Å². The number of benzene rings is 2. The van der Waals surface area contributed by atoms with E-state index in [9.17, 15) is 13.3 Å². The molecule has 2 aromatic carbocycles. The minimum Gasteiger partial charge on any atom is -0.320 e. The second kappa shape index (κ2) is 9.45. The topological polar surface area (TPSA) is 86.3 Å². The van der Waals surface area contributed by atoms with E-state index in [0.717, 1.165) is 17.3 Å². The highest BCUT2D eigenvalue weighted by atomic mass is 79.9. The molecule has 0 aliphatic rings. The molecule has 1 heterocycles. The van der Waals surface area contributed by atoms with Gasteiger partial charge in [0.1, 0.15) is 0 Å². The number of halogens is 3. The van der Waals surface area contributed by atoms with Crippen LogP contribution in [0.1, 0.15) is 25.0 Å². The predicted molar refractivity (Wildman–Crippen MR) is 114 cm³/mol. The first-order valence-corrected chi connectivity index (χ1v) is 11.9. The molecule has 0 saturated carbocycles. The van der Waals surface area contributed by atoms with Crippen LogP contribution in [-0.2, 0) is 16.8 Å². The maximum atomic E-state index is 14.0. The summed E-state index contributed by atoms with van der Waals surface area (Å²) in [5, 5.41) is 9.96. The molecule has 1 aromatic heterocycles. The van der Waals surface area contributed by atoms with Gasteiger partial charge in [-0.2, -0.15) is 8.78 Å². The van der Waals surface area contributed by atoms with E-state index in [1.54, 1.807) is 4.57 Å². The summed E-state index contributed by atoms with van der Waals surface area (Å²) in [5.74, 6) is 0. The van der Waals surface area contributed by atoms with Crippen LogP contribution in [0.5, 0.6) is 0 Å². The van der Waals surface area contributed by atoms with Crippen LogP contribution in [0.3, 0.4) is 0 Å². The number of hydrogen-bond acceptors (Lipinski definition) is 3. The van der Waals surface area contributed by atoms with E-state index in [-0.39, 0.29) is 11.0 Å². The maximum absolute atomic E-state index is 14.0. The number of rotatable bonds is 5. The van der Waals surface area contributed by atoms with Crippen LogP contribution >= 0.6 is 34.9 Å². The molecule has 0 spiro atoms. The summed E-state index contributed by atoms with van der Waals surface area (Å²) in [6.07, 6.45) is 0. The molecule has 3 N–H and O–H groups in total. The van der Waals surface area contributed by atoms with Crippen LogP contribution in [0.4, 0.5) is 8.78 Å². The lowest BCUT2D eigenvalue weighted by Crippen LogP contribution is -2.17. The Morgan fingerprint density at radius 1 is 1.17 bits per heavy atom. The third kappa shape index (κ3) is 5.10. The maximum Gasteiger partial charge on any atom is 0.399 e. The first kappa shape index (κ1) is 23.6. The molecule has 5 nitrogen and oxygen atoms in total. The summed E-state index contributed by atoms with van der Waals surface area (Å²) in [6, 6.07) is 13.2. The fraction of sp³-hybridized carbons (Fsp3) is 0.211. The van der Waals surface area contributed by atoms with Crippen molar-refractivity contribution < 1.29 is 23.1 Å². The zero-order valence-corrected chi connectivity index (χ0v) is 18.9. The zero-order chi connectivity index (χ0) is 21.8. The highest BCUT2D eigenvalue weighted by Gasteiger charge is 2.51. The van der Waals surface area contributed by atoms with Crippen molar-refractivity contribution in [2.45, 2.75) is 26.1 Å².